The van der Waals surface area contributed by atoms with Crippen molar-refractivity contribution in [3.8, 4) is 12.3 Å². The minimum Gasteiger partial charge on any atom is -0.447 e. The lowest BCUT2D eigenvalue weighted by Gasteiger charge is -2.17. The summed E-state index contributed by atoms with van der Waals surface area (Å²) in [6.07, 6.45) is 6.94. The molecule has 0 saturated carbocycles. The van der Waals surface area contributed by atoms with Crippen LogP contribution < -0.4 is 5.32 Å². The van der Waals surface area contributed by atoms with Crippen molar-refractivity contribution in [3.63, 3.8) is 0 Å². The fourth-order valence-electron chi connectivity index (χ4n) is 1.74. The molecule has 0 aliphatic rings. The molecule has 0 aliphatic carbocycles. The van der Waals surface area contributed by atoms with Crippen molar-refractivity contribution >= 4 is 10.0 Å². The summed E-state index contributed by atoms with van der Waals surface area (Å²) in [6, 6.07) is 3.16. The number of sulfonamides is 1. The van der Waals surface area contributed by atoms with E-state index in [1.54, 1.807) is 6.07 Å². The van der Waals surface area contributed by atoms with Crippen molar-refractivity contribution in [2.24, 2.45) is 0 Å². The molecular formula is C14H22N2O3S. The van der Waals surface area contributed by atoms with Gasteiger partial charge in [0.1, 0.15) is 5.76 Å². The minimum atomic E-state index is -3.64. The normalized spacial score (nSPS) is 11.7. The van der Waals surface area contributed by atoms with Gasteiger partial charge in [-0.25, -0.2) is 8.42 Å². The first-order valence-electron chi connectivity index (χ1n) is 6.79. The monoisotopic (exact) mass is 298 g/mol. The zero-order valence-corrected chi connectivity index (χ0v) is 12.9. The molecule has 0 spiro atoms. The van der Waals surface area contributed by atoms with E-state index in [-0.39, 0.29) is 11.6 Å². The molecule has 0 aliphatic heterocycles. The maximum Gasteiger partial charge on any atom is 0.277 e. The smallest absolute Gasteiger partial charge is 0.277 e. The van der Waals surface area contributed by atoms with Crippen molar-refractivity contribution in [2.45, 2.75) is 38.3 Å². The zero-order chi connectivity index (χ0) is 15.0. The third-order valence-electron chi connectivity index (χ3n) is 2.70. The molecule has 1 aromatic rings. The summed E-state index contributed by atoms with van der Waals surface area (Å²) >= 11 is 0. The largest absolute Gasteiger partial charge is 0.447 e. The highest BCUT2D eigenvalue weighted by Crippen LogP contribution is 2.19. The highest BCUT2D eigenvalue weighted by atomic mass is 32.2. The highest BCUT2D eigenvalue weighted by molar-refractivity contribution is 7.89. The van der Waals surface area contributed by atoms with Crippen LogP contribution in [0.5, 0.6) is 0 Å². The van der Waals surface area contributed by atoms with Crippen molar-refractivity contribution in [1.82, 2.24) is 9.62 Å². The van der Waals surface area contributed by atoms with E-state index in [1.807, 2.05) is 6.92 Å². The van der Waals surface area contributed by atoms with Crippen molar-refractivity contribution < 1.29 is 12.8 Å². The standard InChI is InChI=1S/C14H22N2O3S/c1-4-9-15-12-13-7-8-14(19-13)20(17,18)16(10-5-2)11-6-3/h2,7-8,15H,4,6,9-12H2,1,3H3. The topological polar surface area (TPSA) is 62.6 Å². The third kappa shape index (κ3) is 4.37. The molecule has 0 bridgehead atoms. The Morgan fingerprint density at radius 1 is 1.35 bits per heavy atom. The van der Waals surface area contributed by atoms with Crippen LogP contribution in [0.3, 0.4) is 0 Å². The molecule has 112 valence electrons. The summed E-state index contributed by atoms with van der Waals surface area (Å²) in [6.45, 7) is 5.79. The van der Waals surface area contributed by atoms with Crippen LogP contribution in [-0.2, 0) is 16.6 Å². The van der Waals surface area contributed by atoms with Crippen molar-refractivity contribution in [3.05, 3.63) is 17.9 Å². The minimum absolute atomic E-state index is 0.0468. The fourth-order valence-corrected chi connectivity index (χ4v) is 3.12. The first-order chi connectivity index (χ1) is 9.56. The molecule has 6 heteroatoms. The van der Waals surface area contributed by atoms with Gasteiger partial charge in [-0.3, -0.25) is 0 Å². The number of hydrogen-bond acceptors (Lipinski definition) is 4. The third-order valence-corrected chi connectivity index (χ3v) is 4.42. The summed E-state index contributed by atoms with van der Waals surface area (Å²) in [5, 5.41) is 3.11. The van der Waals surface area contributed by atoms with E-state index in [4.69, 9.17) is 10.8 Å². The van der Waals surface area contributed by atoms with Crippen molar-refractivity contribution in [2.75, 3.05) is 19.6 Å². The van der Waals surface area contributed by atoms with Gasteiger partial charge in [-0.15, -0.1) is 6.42 Å². The van der Waals surface area contributed by atoms with E-state index >= 15 is 0 Å². The average molecular weight is 298 g/mol. The molecule has 0 saturated heterocycles. The molecule has 0 fully saturated rings. The lowest BCUT2D eigenvalue weighted by atomic mass is 10.4. The number of rotatable bonds is 9. The molecular weight excluding hydrogens is 276 g/mol. The van der Waals surface area contributed by atoms with Crippen molar-refractivity contribution in [1.29, 1.82) is 0 Å². The van der Waals surface area contributed by atoms with Gasteiger partial charge in [0.15, 0.2) is 0 Å². The van der Waals surface area contributed by atoms with Gasteiger partial charge in [-0.05, 0) is 31.5 Å². The molecule has 0 amide bonds. The molecule has 0 aromatic carbocycles. The molecule has 1 rings (SSSR count). The molecule has 0 atom stereocenters. The molecule has 1 aromatic heterocycles. The number of nitrogens with zero attached hydrogens (tertiary/aromatic N) is 1. The lowest BCUT2D eigenvalue weighted by molar-refractivity contribution is 0.374. The molecule has 0 unspecified atom stereocenters. The van der Waals surface area contributed by atoms with Gasteiger partial charge in [0.25, 0.3) is 10.0 Å². The second-order valence-corrected chi connectivity index (χ2v) is 6.31. The van der Waals surface area contributed by atoms with E-state index in [0.717, 1.165) is 13.0 Å². The van der Waals surface area contributed by atoms with Crippen LogP contribution in [0.4, 0.5) is 0 Å². The Labute approximate surface area is 121 Å². The number of terminal acetylenes is 1. The van der Waals surface area contributed by atoms with E-state index in [9.17, 15) is 8.42 Å². The summed E-state index contributed by atoms with van der Waals surface area (Å²) in [4.78, 5) is 0. The van der Waals surface area contributed by atoms with E-state index < -0.39 is 10.0 Å². The SMILES string of the molecule is C#CCN(CCC)S(=O)(=O)c1ccc(CNCCC)o1. The molecule has 1 N–H and O–H groups in total. The van der Waals surface area contributed by atoms with Gasteiger partial charge in [0.05, 0.1) is 13.1 Å². The predicted molar refractivity (Wildman–Crippen MR) is 78.6 cm³/mol. The van der Waals surface area contributed by atoms with Crippen LogP contribution in [0.1, 0.15) is 32.4 Å². The van der Waals surface area contributed by atoms with Crippen LogP contribution in [0.2, 0.25) is 0 Å². The quantitative estimate of drug-likeness (QED) is 0.558. The fraction of sp³-hybridized carbons (Fsp3) is 0.571. The number of furan rings is 1. The first-order valence-corrected chi connectivity index (χ1v) is 8.23. The highest BCUT2D eigenvalue weighted by Gasteiger charge is 2.26. The molecule has 1 heterocycles. The second kappa shape index (κ2) is 8.10. The first kappa shape index (κ1) is 16.8. The maximum atomic E-state index is 12.4. The Bertz CT molecular complexity index is 543. The van der Waals surface area contributed by atoms with Gasteiger partial charge < -0.3 is 9.73 Å². The summed E-state index contributed by atoms with van der Waals surface area (Å²) in [5.41, 5.74) is 0. The maximum absolute atomic E-state index is 12.4. The molecule has 5 nitrogen and oxygen atoms in total. The van der Waals surface area contributed by atoms with Crippen LogP contribution in [-0.4, -0.2) is 32.4 Å². The Hall–Kier alpha value is -1.29. The van der Waals surface area contributed by atoms with Gasteiger partial charge >= 0.3 is 0 Å². The predicted octanol–water partition coefficient (Wildman–Crippen LogP) is 1.81. The van der Waals surface area contributed by atoms with E-state index in [2.05, 4.69) is 18.2 Å². The van der Waals surface area contributed by atoms with Gasteiger partial charge in [-0.2, -0.15) is 4.31 Å². The van der Waals surface area contributed by atoms with E-state index in [0.29, 0.717) is 25.3 Å². The van der Waals surface area contributed by atoms with E-state index in [1.165, 1.54) is 10.4 Å². The molecule has 0 radical (unpaired) electrons. The lowest BCUT2D eigenvalue weighted by Crippen LogP contribution is -2.32. The second-order valence-electron chi connectivity index (χ2n) is 4.44. The Kier molecular flexibility index (Phi) is 6.79. The van der Waals surface area contributed by atoms with Crippen LogP contribution in [0.25, 0.3) is 0 Å². The van der Waals surface area contributed by atoms with Gasteiger partial charge in [0.2, 0.25) is 5.09 Å². The summed E-state index contributed by atoms with van der Waals surface area (Å²) in [5.74, 6) is 2.98. The van der Waals surface area contributed by atoms with Crippen LogP contribution in [0.15, 0.2) is 21.6 Å². The average Bonchev–Trinajstić information content (AvgIpc) is 2.88. The van der Waals surface area contributed by atoms with Crippen LogP contribution in [0, 0.1) is 12.3 Å². The number of nitrogens with one attached hydrogen (secondary N) is 1. The number of hydrogen-bond donors (Lipinski definition) is 1. The summed E-state index contributed by atoms with van der Waals surface area (Å²) < 4.78 is 31.4. The zero-order valence-electron chi connectivity index (χ0n) is 12.1. The van der Waals surface area contributed by atoms with Crippen LogP contribution >= 0.6 is 0 Å². The Morgan fingerprint density at radius 2 is 2.10 bits per heavy atom. The molecule has 20 heavy (non-hydrogen) atoms. The van der Waals surface area contributed by atoms with Gasteiger partial charge in [-0.1, -0.05) is 19.8 Å². The Morgan fingerprint density at radius 3 is 2.70 bits per heavy atom. The Balaban J connectivity index is 2.83. The summed E-state index contributed by atoms with van der Waals surface area (Å²) in [7, 11) is -3.64. The van der Waals surface area contributed by atoms with Gasteiger partial charge in [0, 0.05) is 6.54 Å².